The van der Waals surface area contributed by atoms with Crippen LogP contribution < -0.4 is 10.9 Å². The van der Waals surface area contributed by atoms with Crippen molar-refractivity contribution in [3.05, 3.63) is 98.2 Å². The molecule has 1 saturated carbocycles. The number of carbonyl (C=O) groups excluding carboxylic acids is 1. The summed E-state index contributed by atoms with van der Waals surface area (Å²) in [4.78, 5) is 38.2. The number of amides is 1. The zero-order valence-electron chi connectivity index (χ0n) is 22.8. The molecule has 4 aromatic rings. The molecule has 0 aliphatic heterocycles. The van der Waals surface area contributed by atoms with E-state index >= 15 is 0 Å². The largest absolute Gasteiger partial charge is 0.382 e. The van der Waals surface area contributed by atoms with Crippen LogP contribution in [0.5, 0.6) is 0 Å². The fourth-order valence-electron chi connectivity index (χ4n) is 4.96. The topological polar surface area (TPSA) is 110 Å². The van der Waals surface area contributed by atoms with Crippen LogP contribution in [0.1, 0.15) is 67.2 Å². The average Bonchev–Trinajstić information content (AvgIpc) is 3.69. The molecule has 0 unspecified atom stereocenters. The molecule has 2 atom stereocenters. The van der Waals surface area contributed by atoms with Gasteiger partial charge in [-0.2, -0.15) is 0 Å². The molecule has 1 aliphatic carbocycles. The van der Waals surface area contributed by atoms with E-state index in [4.69, 9.17) is 11.6 Å². The molecule has 1 amide bonds. The number of aliphatic hydroxyl groups is 1. The molecule has 206 valence electrons. The number of aryl methyl sites for hydroxylation is 2. The minimum atomic E-state index is -1.22. The van der Waals surface area contributed by atoms with Gasteiger partial charge in [0.05, 0.1) is 22.8 Å². The van der Waals surface area contributed by atoms with Gasteiger partial charge in [0.25, 0.3) is 5.56 Å². The van der Waals surface area contributed by atoms with Crippen LogP contribution in [-0.2, 0) is 10.4 Å². The van der Waals surface area contributed by atoms with E-state index in [-0.39, 0.29) is 39.8 Å². The van der Waals surface area contributed by atoms with Gasteiger partial charge in [0.2, 0.25) is 5.91 Å². The molecule has 1 aromatic carbocycles. The second-order valence-electron chi connectivity index (χ2n) is 10.7. The fourth-order valence-corrected chi connectivity index (χ4v) is 5.24. The van der Waals surface area contributed by atoms with Gasteiger partial charge in [0.1, 0.15) is 16.4 Å². The van der Waals surface area contributed by atoms with Crippen molar-refractivity contribution >= 4 is 23.2 Å². The molecule has 0 bridgehead atoms. The fraction of sp³-hybridized carbons (Fsp3) is 0.300. The number of nitrogens with one attached hydrogen (secondary N) is 1. The zero-order chi connectivity index (χ0) is 28.9. The Hall–Kier alpha value is -3.95. The maximum absolute atomic E-state index is 14.1. The van der Waals surface area contributed by atoms with Gasteiger partial charge < -0.3 is 10.4 Å². The predicted molar refractivity (Wildman–Crippen MR) is 151 cm³/mol. The lowest BCUT2D eigenvalue weighted by atomic mass is 10.0. The highest BCUT2D eigenvalue weighted by atomic mass is 35.5. The number of pyridine rings is 2. The second-order valence-corrected chi connectivity index (χ2v) is 11.1. The normalized spacial score (nSPS) is 16.6. The van der Waals surface area contributed by atoms with Crippen LogP contribution in [0.15, 0.2) is 53.6 Å². The van der Waals surface area contributed by atoms with Crippen LogP contribution >= 0.6 is 11.6 Å². The summed E-state index contributed by atoms with van der Waals surface area (Å²) in [6, 6.07) is 10.1. The summed E-state index contributed by atoms with van der Waals surface area (Å²) >= 11 is 6.70. The number of hydrogen-bond donors (Lipinski definition) is 2. The number of halogens is 2. The van der Waals surface area contributed by atoms with E-state index in [1.807, 2.05) is 19.9 Å². The summed E-state index contributed by atoms with van der Waals surface area (Å²) in [5, 5.41) is 13.0. The Morgan fingerprint density at radius 3 is 2.58 bits per heavy atom. The van der Waals surface area contributed by atoms with Crippen molar-refractivity contribution in [1.29, 1.82) is 0 Å². The highest BCUT2D eigenvalue weighted by molar-refractivity contribution is 6.31. The number of carbonyl (C=O) groups is 1. The first-order valence-corrected chi connectivity index (χ1v) is 13.3. The van der Waals surface area contributed by atoms with Crippen LogP contribution in [0.2, 0.25) is 5.02 Å². The summed E-state index contributed by atoms with van der Waals surface area (Å²) in [7, 11) is 0. The first-order valence-electron chi connectivity index (χ1n) is 12.9. The molecule has 40 heavy (non-hydrogen) atoms. The summed E-state index contributed by atoms with van der Waals surface area (Å²) in [5.41, 5.74) is 3.32. The maximum Gasteiger partial charge on any atom is 0.274 e. The van der Waals surface area contributed by atoms with E-state index in [1.165, 1.54) is 13.0 Å². The molecule has 10 heteroatoms. The van der Waals surface area contributed by atoms with E-state index < -0.39 is 11.4 Å². The predicted octanol–water partition coefficient (Wildman–Crippen LogP) is 5.56. The van der Waals surface area contributed by atoms with Crippen LogP contribution in [-0.4, -0.2) is 30.5 Å². The lowest BCUT2D eigenvalue weighted by Crippen LogP contribution is -2.23. The third-order valence-electron chi connectivity index (χ3n) is 7.06. The number of rotatable bonds is 6. The Balaban J connectivity index is 1.50. The third kappa shape index (κ3) is 5.26. The van der Waals surface area contributed by atoms with Crippen molar-refractivity contribution in [2.24, 2.45) is 0 Å². The Morgan fingerprint density at radius 2 is 1.88 bits per heavy atom. The lowest BCUT2D eigenvalue weighted by molar-refractivity contribution is -0.114. The lowest BCUT2D eigenvalue weighted by Gasteiger charge is -2.17. The van der Waals surface area contributed by atoms with Crippen molar-refractivity contribution in [3.8, 4) is 17.1 Å². The van der Waals surface area contributed by atoms with E-state index in [9.17, 15) is 19.1 Å². The molecular formula is C30H29ClFN5O3. The van der Waals surface area contributed by atoms with Gasteiger partial charge >= 0.3 is 0 Å². The summed E-state index contributed by atoms with van der Waals surface area (Å²) in [6.07, 6.45) is 3.98. The van der Waals surface area contributed by atoms with Gasteiger partial charge in [-0.1, -0.05) is 17.7 Å². The van der Waals surface area contributed by atoms with Gasteiger partial charge in [-0.3, -0.25) is 19.1 Å². The van der Waals surface area contributed by atoms with Gasteiger partial charge in [0, 0.05) is 25.0 Å². The van der Waals surface area contributed by atoms with Gasteiger partial charge in [-0.15, -0.1) is 0 Å². The van der Waals surface area contributed by atoms with Gasteiger partial charge in [0.15, 0.2) is 5.82 Å². The molecule has 3 heterocycles. The van der Waals surface area contributed by atoms with Crippen LogP contribution in [0.4, 0.5) is 10.1 Å². The van der Waals surface area contributed by atoms with Crippen LogP contribution in [0.3, 0.4) is 0 Å². The molecule has 5 rings (SSSR count). The van der Waals surface area contributed by atoms with Crippen LogP contribution in [0.25, 0.3) is 17.1 Å². The molecule has 1 fully saturated rings. The van der Waals surface area contributed by atoms with Gasteiger partial charge in [-0.25, -0.2) is 14.4 Å². The zero-order valence-corrected chi connectivity index (χ0v) is 23.5. The molecule has 3 aromatic heterocycles. The summed E-state index contributed by atoms with van der Waals surface area (Å²) < 4.78 is 15.7. The van der Waals surface area contributed by atoms with E-state index in [0.29, 0.717) is 22.8 Å². The number of aromatic nitrogens is 4. The Bertz CT molecular complexity index is 1710. The molecule has 0 radical (unpaired) electrons. The SMILES string of the molecule is CC(=O)Nc1cc([C@H]2C[C@@H]2c2cc(C)n(-c3cc(-c4ccnc(C(C)(C)O)n4)ncc3C)c(=O)c2Cl)ccc1F. The minimum absolute atomic E-state index is 0.000405. The van der Waals surface area contributed by atoms with Crippen molar-refractivity contribution in [2.75, 3.05) is 5.32 Å². The molecule has 0 saturated heterocycles. The van der Waals surface area contributed by atoms with Crippen molar-refractivity contribution in [2.45, 2.75) is 58.5 Å². The average molecular weight is 562 g/mol. The van der Waals surface area contributed by atoms with Crippen molar-refractivity contribution in [1.82, 2.24) is 19.5 Å². The van der Waals surface area contributed by atoms with Gasteiger partial charge in [-0.05, 0) is 93.0 Å². The first kappa shape index (κ1) is 27.6. The Morgan fingerprint density at radius 1 is 1.12 bits per heavy atom. The Labute approximate surface area is 235 Å². The number of benzene rings is 1. The Kier molecular flexibility index (Phi) is 7.06. The molecule has 8 nitrogen and oxygen atoms in total. The number of nitrogens with zero attached hydrogens (tertiary/aromatic N) is 4. The number of hydrogen-bond acceptors (Lipinski definition) is 6. The highest BCUT2D eigenvalue weighted by Crippen LogP contribution is 2.56. The number of anilines is 1. The third-order valence-corrected chi connectivity index (χ3v) is 7.44. The summed E-state index contributed by atoms with van der Waals surface area (Å²) in [5.74, 6) is -0.536. The second kappa shape index (κ2) is 10.2. The van der Waals surface area contributed by atoms with E-state index in [1.54, 1.807) is 55.1 Å². The minimum Gasteiger partial charge on any atom is -0.382 e. The van der Waals surface area contributed by atoms with Crippen LogP contribution in [0, 0.1) is 19.7 Å². The van der Waals surface area contributed by atoms with E-state index in [0.717, 1.165) is 23.1 Å². The van der Waals surface area contributed by atoms with Crippen molar-refractivity contribution in [3.63, 3.8) is 0 Å². The first-order chi connectivity index (χ1) is 18.8. The van der Waals surface area contributed by atoms with Crippen molar-refractivity contribution < 1.29 is 14.3 Å². The summed E-state index contributed by atoms with van der Waals surface area (Å²) in [6.45, 7) is 8.25. The monoisotopic (exact) mass is 561 g/mol. The molecule has 0 spiro atoms. The highest BCUT2D eigenvalue weighted by Gasteiger charge is 2.42. The molecular weight excluding hydrogens is 533 g/mol. The maximum atomic E-state index is 14.1. The van der Waals surface area contributed by atoms with E-state index in [2.05, 4.69) is 20.3 Å². The molecule has 2 N–H and O–H groups in total. The smallest absolute Gasteiger partial charge is 0.274 e. The quantitative estimate of drug-likeness (QED) is 0.319. The standard InChI is InChI=1S/C30H29ClFN5O3/c1-15-14-34-25(23-8-9-33-29(36-23)30(4,5)40)13-26(15)37-16(2)10-21(27(31)28(37)39)20-12-19(20)18-6-7-22(32)24(11-18)35-17(3)38/h6-11,13-14,19-20,40H,12H2,1-5H3,(H,35,38)/t19-,20+/m1/s1. The molecule has 1 aliphatic rings.